The number of para-hydroxylation sites is 1. The first-order chi connectivity index (χ1) is 11.1. The first kappa shape index (κ1) is 15.8. The van der Waals surface area contributed by atoms with E-state index in [9.17, 15) is 9.59 Å². The second kappa shape index (κ2) is 7.02. The second-order valence-electron chi connectivity index (χ2n) is 6.68. The predicted molar refractivity (Wildman–Crippen MR) is 89.8 cm³/mol. The van der Waals surface area contributed by atoms with Gasteiger partial charge in [-0.1, -0.05) is 31.0 Å². The molecule has 1 aromatic rings. The summed E-state index contributed by atoms with van der Waals surface area (Å²) >= 11 is 0. The van der Waals surface area contributed by atoms with E-state index < -0.39 is 0 Å². The molecule has 1 unspecified atom stereocenters. The highest BCUT2D eigenvalue weighted by molar-refractivity contribution is 5.87. The minimum Gasteiger partial charge on any atom is -0.380 e. The molecule has 3 rings (SSSR count). The second-order valence-corrected chi connectivity index (χ2v) is 6.68. The maximum atomic E-state index is 12.5. The Morgan fingerprint density at radius 1 is 1.13 bits per heavy atom. The summed E-state index contributed by atoms with van der Waals surface area (Å²) in [7, 11) is 0. The standard InChI is InChI=1S/C18H25N3O2/c19-17(22)14-6-2-3-7-15(14)18(23)20-11-13-10-9-12-5-1-4-8-16(12)21-13/h1,4-5,8,13-15,21H,2-3,6-7,9-11H2,(H2,19,22)(H,20,23)/t13?,14-,15+/m0/s1. The Labute approximate surface area is 137 Å². The zero-order valence-corrected chi connectivity index (χ0v) is 13.4. The van der Waals surface area contributed by atoms with Crippen molar-refractivity contribution in [3.63, 3.8) is 0 Å². The summed E-state index contributed by atoms with van der Waals surface area (Å²) in [6.07, 6.45) is 5.51. The minimum atomic E-state index is -0.338. The molecule has 0 radical (unpaired) electrons. The molecule has 0 aromatic heterocycles. The van der Waals surface area contributed by atoms with Gasteiger partial charge >= 0.3 is 0 Å². The molecule has 0 saturated heterocycles. The van der Waals surface area contributed by atoms with Crippen LogP contribution in [0.3, 0.4) is 0 Å². The lowest BCUT2D eigenvalue weighted by atomic mass is 9.78. The number of primary amides is 1. The summed E-state index contributed by atoms with van der Waals surface area (Å²) in [5, 5.41) is 6.51. The van der Waals surface area contributed by atoms with Crippen molar-refractivity contribution >= 4 is 17.5 Å². The highest BCUT2D eigenvalue weighted by Gasteiger charge is 2.34. The summed E-state index contributed by atoms with van der Waals surface area (Å²) in [4.78, 5) is 24.0. The first-order valence-electron chi connectivity index (χ1n) is 8.56. The normalized spacial score (nSPS) is 26.7. The molecule has 3 atom stereocenters. The number of hydrogen-bond donors (Lipinski definition) is 3. The number of rotatable bonds is 4. The van der Waals surface area contributed by atoms with E-state index in [0.29, 0.717) is 6.54 Å². The van der Waals surface area contributed by atoms with Gasteiger partial charge in [-0.15, -0.1) is 0 Å². The number of fused-ring (bicyclic) bond motifs is 1. The maximum Gasteiger partial charge on any atom is 0.223 e. The maximum absolute atomic E-state index is 12.5. The van der Waals surface area contributed by atoms with Gasteiger partial charge in [-0.25, -0.2) is 0 Å². The SMILES string of the molecule is NC(=O)[C@H]1CCCC[C@H]1C(=O)NCC1CCc2ccccc2N1. The topological polar surface area (TPSA) is 84.2 Å². The van der Waals surface area contributed by atoms with Gasteiger partial charge in [0.1, 0.15) is 0 Å². The molecule has 5 heteroatoms. The number of aryl methyl sites for hydroxylation is 1. The number of amides is 2. The zero-order valence-electron chi connectivity index (χ0n) is 13.4. The smallest absolute Gasteiger partial charge is 0.223 e. The van der Waals surface area contributed by atoms with Crippen molar-refractivity contribution in [2.45, 2.75) is 44.6 Å². The highest BCUT2D eigenvalue weighted by atomic mass is 16.2. The van der Waals surface area contributed by atoms with Crippen LogP contribution in [0, 0.1) is 11.8 Å². The minimum absolute atomic E-state index is 0.0193. The van der Waals surface area contributed by atoms with Gasteiger partial charge in [0.25, 0.3) is 0 Å². The van der Waals surface area contributed by atoms with E-state index in [1.54, 1.807) is 0 Å². The number of carbonyl (C=O) groups excluding carboxylic acids is 2. The molecular formula is C18H25N3O2. The van der Waals surface area contributed by atoms with Gasteiger partial charge in [-0.2, -0.15) is 0 Å². The molecule has 5 nitrogen and oxygen atoms in total. The van der Waals surface area contributed by atoms with Crippen molar-refractivity contribution in [3.8, 4) is 0 Å². The van der Waals surface area contributed by atoms with Gasteiger partial charge in [0, 0.05) is 30.1 Å². The van der Waals surface area contributed by atoms with Gasteiger partial charge in [0.2, 0.25) is 11.8 Å². The monoisotopic (exact) mass is 315 g/mol. The van der Waals surface area contributed by atoms with Crippen LogP contribution in [0.1, 0.15) is 37.7 Å². The summed E-state index contributed by atoms with van der Waals surface area (Å²) in [6, 6.07) is 8.52. The first-order valence-corrected chi connectivity index (χ1v) is 8.56. The molecular weight excluding hydrogens is 290 g/mol. The number of nitrogens with two attached hydrogens (primary N) is 1. The fraction of sp³-hybridized carbons (Fsp3) is 0.556. The molecule has 1 aliphatic heterocycles. The Hall–Kier alpha value is -2.04. The largest absolute Gasteiger partial charge is 0.380 e. The van der Waals surface area contributed by atoms with E-state index in [1.807, 2.05) is 6.07 Å². The average Bonchev–Trinajstić information content (AvgIpc) is 2.59. The summed E-state index contributed by atoms with van der Waals surface area (Å²) in [6.45, 7) is 0.592. The highest BCUT2D eigenvalue weighted by Crippen LogP contribution is 2.30. The predicted octanol–water partition coefficient (Wildman–Crippen LogP) is 1.82. The fourth-order valence-electron chi connectivity index (χ4n) is 3.79. The van der Waals surface area contributed by atoms with Crippen molar-refractivity contribution in [1.29, 1.82) is 0 Å². The number of benzene rings is 1. The molecule has 1 saturated carbocycles. The van der Waals surface area contributed by atoms with E-state index >= 15 is 0 Å². The molecule has 2 amide bonds. The zero-order chi connectivity index (χ0) is 16.2. The molecule has 1 aromatic carbocycles. The molecule has 1 heterocycles. The summed E-state index contributed by atoms with van der Waals surface area (Å²) < 4.78 is 0. The number of hydrogen-bond acceptors (Lipinski definition) is 3. The number of nitrogens with one attached hydrogen (secondary N) is 2. The quantitative estimate of drug-likeness (QED) is 0.792. The van der Waals surface area contributed by atoms with E-state index in [-0.39, 0.29) is 29.7 Å². The molecule has 2 aliphatic rings. The van der Waals surface area contributed by atoms with Crippen molar-refractivity contribution < 1.29 is 9.59 Å². The molecule has 23 heavy (non-hydrogen) atoms. The lowest BCUT2D eigenvalue weighted by molar-refractivity contribution is -0.134. The van der Waals surface area contributed by atoms with Crippen LogP contribution in [-0.2, 0) is 16.0 Å². The Kier molecular flexibility index (Phi) is 4.84. The van der Waals surface area contributed by atoms with Crippen LogP contribution in [0.4, 0.5) is 5.69 Å². The third-order valence-electron chi connectivity index (χ3n) is 5.13. The Balaban J connectivity index is 1.54. The van der Waals surface area contributed by atoms with Crippen molar-refractivity contribution in [2.24, 2.45) is 17.6 Å². The number of carbonyl (C=O) groups is 2. The lowest BCUT2D eigenvalue weighted by Gasteiger charge is -2.30. The third-order valence-corrected chi connectivity index (χ3v) is 5.13. The van der Waals surface area contributed by atoms with E-state index in [2.05, 4.69) is 28.8 Å². The molecule has 4 N–H and O–H groups in total. The average molecular weight is 315 g/mol. The number of anilines is 1. The van der Waals surface area contributed by atoms with Crippen LogP contribution in [0.2, 0.25) is 0 Å². The molecule has 1 aliphatic carbocycles. The molecule has 1 fully saturated rings. The fourth-order valence-corrected chi connectivity index (χ4v) is 3.79. The van der Waals surface area contributed by atoms with Crippen LogP contribution in [0.25, 0.3) is 0 Å². The Morgan fingerprint density at radius 3 is 2.65 bits per heavy atom. The summed E-state index contributed by atoms with van der Waals surface area (Å²) in [5.74, 6) is -0.912. The van der Waals surface area contributed by atoms with E-state index in [0.717, 1.165) is 44.2 Å². The molecule has 0 spiro atoms. The Bertz CT molecular complexity index is 587. The van der Waals surface area contributed by atoms with Crippen LogP contribution in [0.15, 0.2) is 24.3 Å². The van der Waals surface area contributed by atoms with Crippen molar-refractivity contribution in [3.05, 3.63) is 29.8 Å². The van der Waals surface area contributed by atoms with Gasteiger partial charge in [-0.05, 0) is 37.3 Å². The van der Waals surface area contributed by atoms with Crippen LogP contribution < -0.4 is 16.4 Å². The van der Waals surface area contributed by atoms with E-state index in [4.69, 9.17) is 5.73 Å². The molecule has 0 bridgehead atoms. The van der Waals surface area contributed by atoms with Gasteiger partial charge in [0.15, 0.2) is 0 Å². The van der Waals surface area contributed by atoms with Gasteiger partial charge < -0.3 is 16.4 Å². The van der Waals surface area contributed by atoms with Crippen LogP contribution in [-0.4, -0.2) is 24.4 Å². The lowest BCUT2D eigenvalue weighted by Crippen LogP contribution is -2.45. The van der Waals surface area contributed by atoms with Crippen LogP contribution >= 0.6 is 0 Å². The summed E-state index contributed by atoms with van der Waals surface area (Å²) in [5.41, 5.74) is 7.94. The van der Waals surface area contributed by atoms with Crippen molar-refractivity contribution in [2.75, 3.05) is 11.9 Å². The third kappa shape index (κ3) is 3.66. The molecule has 124 valence electrons. The Morgan fingerprint density at radius 2 is 1.87 bits per heavy atom. The van der Waals surface area contributed by atoms with Gasteiger partial charge in [-0.3, -0.25) is 9.59 Å². The van der Waals surface area contributed by atoms with Crippen molar-refractivity contribution in [1.82, 2.24) is 5.32 Å². The van der Waals surface area contributed by atoms with Gasteiger partial charge in [0.05, 0.1) is 0 Å². The van der Waals surface area contributed by atoms with Crippen LogP contribution in [0.5, 0.6) is 0 Å². The van der Waals surface area contributed by atoms with E-state index in [1.165, 1.54) is 5.56 Å².